The number of benzene rings is 1. The first-order valence-corrected chi connectivity index (χ1v) is 7.72. The van der Waals surface area contributed by atoms with Crippen molar-refractivity contribution >= 4 is 0 Å². The minimum atomic E-state index is -0.328. The molecular weight excluding hydrogens is 290 g/mol. The highest BCUT2D eigenvalue weighted by Crippen LogP contribution is 2.34. The molecule has 0 unspecified atom stereocenters. The number of ether oxygens (including phenoxy) is 1. The molecule has 0 spiro atoms. The van der Waals surface area contributed by atoms with Crippen LogP contribution < -0.4 is 4.74 Å². The van der Waals surface area contributed by atoms with E-state index in [0.717, 1.165) is 16.9 Å². The van der Waals surface area contributed by atoms with Gasteiger partial charge < -0.3 is 14.4 Å². The molecule has 2 heterocycles. The minimum absolute atomic E-state index is 0.158. The number of hydrogen-bond donors (Lipinski definition) is 1. The van der Waals surface area contributed by atoms with Gasteiger partial charge in [-0.15, -0.1) is 0 Å². The predicted octanol–water partition coefficient (Wildman–Crippen LogP) is 2.21. The van der Waals surface area contributed by atoms with E-state index in [1.54, 1.807) is 7.11 Å². The van der Waals surface area contributed by atoms with Crippen LogP contribution in [0.5, 0.6) is 5.75 Å². The quantitative estimate of drug-likeness (QED) is 0.940. The lowest BCUT2D eigenvalue weighted by atomic mass is 10.0. The Kier molecular flexibility index (Phi) is 4.37. The first-order chi connectivity index (χ1) is 11.1. The molecule has 0 bridgehead atoms. The molecule has 1 aromatic carbocycles. The number of methoxy groups -OCH3 is 1. The number of nitriles is 1. The number of rotatable bonds is 4. The number of hydrogen-bond acceptors (Lipinski definition) is 4. The van der Waals surface area contributed by atoms with Crippen LogP contribution in [0.3, 0.4) is 0 Å². The van der Waals surface area contributed by atoms with Gasteiger partial charge >= 0.3 is 0 Å². The molecule has 1 aromatic heterocycles. The van der Waals surface area contributed by atoms with E-state index in [0.29, 0.717) is 25.2 Å². The summed E-state index contributed by atoms with van der Waals surface area (Å²) >= 11 is 0. The Morgan fingerprint density at radius 2 is 2.22 bits per heavy atom. The van der Waals surface area contributed by atoms with E-state index in [2.05, 4.69) is 17.0 Å². The molecule has 120 valence electrons. The second-order valence-electron chi connectivity index (χ2n) is 6.07. The second-order valence-corrected chi connectivity index (χ2v) is 6.07. The van der Waals surface area contributed by atoms with E-state index < -0.39 is 0 Å². The topological polar surface area (TPSA) is 61.4 Å². The highest BCUT2D eigenvalue weighted by molar-refractivity contribution is 5.32. The molecule has 2 atom stereocenters. The Morgan fingerprint density at radius 3 is 2.91 bits per heavy atom. The van der Waals surface area contributed by atoms with Gasteiger partial charge in [0, 0.05) is 32.4 Å². The zero-order chi connectivity index (χ0) is 16.4. The number of likely N-dealkylation sites (tertiary alicyclic amines) is 1. The number of aliphatic hydroxyl groups excluding tert-OH is 1. The number of nitrogens with zero attached hydrogens (tertiary/aromatic N) is 3. The van der Waals surface area contributed by atoms with Crippen LogP contribution in [-0.2, 0) is 13.6 Å². The standard InChI is InChI=1S/C18H21N3O2/c1-20-10-13(6-15(20)9-19)11-21-12-16(22)8-18(21)14-4-3-5-17(7-14)23-2/h3-7,10,16,18,22H,8,11-12H2,1-2H3/t16-,18+/m0/s1. The third-order valence-corrected chi connectivity index (χ3v) is 4.42. The van der Waals surface area contributed by atoms with E-state index in [-0.39, 0.29) is 12.1 Å². The van der Waals surface area contributed by atoms with Crippen molar-refractivity contribution in [3.63, 3.8) is 0 Å². The molecule has 3 rings (SSSR count). The lowest BCUT2D eigenvalue weighted by Crippen LogP contribution is -2.24. The summed E-state index contributed by atoms with van der Waals surface area (Å²) in [5, 5.41) is 19.2. The molecule has 1 fully saturated rings. The van der Waals surface area contributed by atoms with Crippen LogP contribution in [0.25, 0.3) is 0 Å². The smallest absolute Gasteiger partial charge is 0.120 e. The van der Waals surface area contributed by atoms with Crippen LogP contribution >= 0.6 is 0 Å². The van der Waals surface area contributed by atoms with Crippen molar-refractivity contribution in [1.82, 2.24) is 9.47 Å². The Labute approximate surface area is 136 Å². The molecule has 0 aliphatic carbocycles. The third-order valence-electron chi connectivity index (χ3n) is 4.42. The predicted molar refractivity (Wildman–Crippen MR) is 86.9 cm³/mol. The lowest BCUT2D eigenvalue weighted by Gasteiger charge is -2.24. The van der Waals surface area contributed by atoms with Crippen LogP contribution in [0.2, 0.25) is 0 Å². The highest BCUT2D eigenvalue weighted by Gasteiger charge is 2.32. The summed E-state index contributed by atoms with van der Waals surface area (Å²) in [5.41, 5.74) is 2.89. The summed E-state index contributed by atoms with van der Waals surface area (Å²) in [6.45, 7) is 1.35. The van der Waals surface area contributed by atoms with Crippen LogP contribution in [0.1, 0.15) is 29.3 Å². The third kappa shape index (κ3) is 3.24. The molecule has 1 saturated heterocycles. The van der Waals surface area contributed by atoms with Gasteiger partial charge in [0.05, 0.1) is 13.2 Å². The van der Waals surface area contributed by atoms with Gasteiger partial charge in [0.2, 0.25) is 0 Å². The Bertz CT molecular complexity index is 732. The van der Waals surface area contributed by atoms with E-state index in [1.807, 2.05) is 42.1 Å². The van der Waals surface area contributed by atoms with Crippen LogP contribution in [0.4, 0.5) is 0 Å². The summed E-state index contributed by atoms with van der Waals surface area (Å²) in [4.78, 5) is 2.26. The van der Waals surface area contributed by atoms with Crippen molar-refractivity contribution in [3.8, 4) is 11.8 Å². The van der Waals surface area contributed by atoms with Crippen molar-refractivity contribution < 1.29 is 9.84 Å². The van der Waals surface area contributed by atoms with E-state index >= 15 is 0 Å². The molecule has 23 heavy (non-hydrogen) atoms. The van der Waals surface area contributed by atoms with E-state index in [1.165, 1.54) is 0 Å². The fraction of sp³-hybridized carbons (Fsp3) is 0.389. The van der Waals surface area contributed by atoms with Crippen molar-refractivity contribution in [3.05, 3.63) is 53.3 Å². The number of β-amino-alcohol motifs (C(OH)–C–C–N with tert-alkyl or cyclic N) is 1. The molecule has 5 heteroatoms. The Hall–Kier alpha value is -2.29. The van der Waals surface area contributed by atoms with Gasteiger partial charge in [-0.25, -0.2) is 0 Å². The Morgan fingerprint density at radius 1 is 1.39 bits per heavy atom. The molecule has 5 nitrogen and oxygen atoms in total. The maximum Gasteiger partial charge on any atom is 0.120 e. The summed E-state index contributed by atoms with van der Waals surface area (Å²) in [5.74, 6) is 0.829. The molecule has 1 aliphatic rings. The van der Waals surface area contributed by atoms with Crippen molar-refractivity contribution in [1.29, 1.82) is 5.26 Å². The molecular formula is C18H21N3O2. The minimum Gasteiger partial charge on any atom is -0.497 e. The van der Waals surface area contributed by atoms with E-state index in [4.69, 9.17) is 10.00 Å². The summed E-state index contributed by atoms with van der Waals surface area (Å²) < 4.78 is 7.14. The van der Waals surface area contributed by atoms with E-state index in [9.17, 15) is 5.11 Å². The SMILES string of the molecule is COc1cccc([C@H]2C[C@H](O)CN2Cc2cc(C#N)n(C)c2)c1. The van der Waals surface area contributed by atoms with Crippen molar-refractivity contribution in [2.45, 2.75) is 25.1 Å². The second kappa shape index (κ2) is 6.45. The molecule has 1 N–H and O–H groups in total. The van der Waals surface area contributed by atoms with Gasteiger partial charge in [-0.05, 0) is 35.7 Å². The monoisotopic (exact) mass is 311 g/mol. The maximum atomic E-state index is 10.1. The summed E-state index contributed by atoms with van der Waals surface area (Å²) in [7, 11) is 3.54. The normalized spacial score (nSPS) is 21.3. The summed E-state index contributed by atoms with van der Waals surface area (Å²) in [6.07, 6.45) is 2.36. The number of aromatic nitrogens is 1. The zero-order valence-electron chi connectivity index (χ0n) is 13.4. The molecule has 0 amide bonds. The average Bonchev–Trinajstić information content (AvgIpc) is 3.09. The largest absolute Gasteiger partial charge is 0.497 e. The first-order valence-electron chi connectivity index (χ1n) is 7.72. The number of aliphatic hydroxyl groups is 1. The molecule has 0 saturated carbocycles. The first kappa shape index (κ1) is 15.6. The fourth-order valence-corrected chi connectivity index (χ4v) is 3.31. The zero-order valence-corrected chi connectivity index (χ0v) is 13.4. The van der Waals surface area contributed by atoms with Crippen LogP contribution in [-0.4, -0.2) is 34.3 Å². The number of aryl methyl sites for hydroxylation is 1. The van der Waals surface area contributed by atoms with Crippen LogP contribution in [0, 0.1) is 11.3 Å². The van der Waals surface area contributed by atoms with Gasteiger partial charge in [0.15, 0.2) is 0 Å². The van der Waals surface area contributed by atoms with Gasteiger partial charge in [0.1, 0.15) is 17.5 Å². The van der Waals surface area contributed by atoms with Crippen molar-refractivity contribution in [2.75, 3.05) is 13.7 Å². The van der Waals surface area contributed by atoms with Gasteiger partial charge in [-0.2, -0.15) is 5.26 Å². The average molecular weight is 311 g/mol. The van der Waals surface area contributed by atoms with Gasteiger partial charge in [-0.3, -0.25) is 4.90 Å². The van der Waals surface area contributed by atoms with Crippen LogP contribution in [0.15, 0.2) is 36.5 Å². The fourth-order valence-electron chi connectivity index (χ4n) is 3.31. The molecule has 0 radical (unpaired) electrons. The van der Waals surface area contributed by atoms with Gasteiger partial charge in [-0.1, -0.05) is 12.1 Å². The Balaban J connectivity index is 1.83. The highest BCUT2D eigenvalue weighted by atomic mass is 16.5. The lowest BCUT2D eigenvalue weighted by molar-refractivity contribution is 0.172. The van der Waals surface area contributed by atoms with Gasteiger partial charge in [0.25, 0.3) is 0 Å². The molecule has 2 aromatic rings. The summed E-state index contributed by atoms with van der Waals surface area (Å²) in [6, 6.07) is 12.3. The van der Waals surface area contributed by atoms with Crippen molar-refractivity contribution in [2.24, 2.45) is 7.05 Å². The molecule has 1 aliphatic heterocycles. The maximum absolute atomic E-state index is 10.1.